The third-order valence-electron chi connectivity index (χ3n) is 0.611. The molecule has 0 rings (SSSR count). The van der Waals surface area contributed by atoms with E-state index in [0.29, 0.717) is 0 Å². The van der Waals surface area contributed by atoms with Gasteiger partial charge in [0.25, 0.3) is 0 Å². The van der Waals surface area contributed by atoms with E-state index in [4.69, 9.17) is 0 Å². The van der Waals surface area contributed by atoms with Crippen LogP contribution in [0.3, 0.4) is 0 Å². The zero-order valence-corrected chi connectivity index (χ0v) is 5.39. The summed E-state index contributed by atoms with van der Waals surface area (Å²) < 4.78 is 0. The van der Waals surface area contributed by atoms with E-state index in [1.807, 2.05) is 26.1 Å². The number of allylic oxidation sites excluding steroid dienone is 1. The monoisotopic (exact) mass is 112 g/mol. The Bertz CT molecular complexity index is 84.5. The van der Waals surface area contributed by atoms with Crippen LogP contribution in [0.5, 0.6) is 0 Å². The van der Waals surface area contributed by atoms with Crippen molar-refractivity contribution in [1.82, 2.24) is 5.32 Å². The van der Waals surface area contributed by atoms with Gasteiger partial charge in [-0.1, -0.05) is 6.08 Å². The quantitative estimate of drug-likeness (QED) is 0.430. The number of rotatable bonds is 3. The Morgan fingerprint density at radius 1 is 1.62 bits per heavy atom. The van der Waals surface area contributed by atoms with Crippen molar-refractivity contribution in [2.75, 3.05) is 6.54 Å². The third-order valence-corrected chi connectivity index (χ3v) is 0.611. The van der Waals surface area contributed by atoms with Crippen LogP contribution in [0.2, 0.25) is 0 Å². The average Bonchev–Trinajstić information content (AvgIpc) is 1.81. The number of hydrogen-bond donors (Lipinski definition) is 1. The van der Waals surface area contributed by atoms with Crippen molar-refractivity contribution in [2.45, 2.75) is 13.8 Å². The van der Waals surface area contributed by atoms with Gasteiger partial charge < -0.3 is 5.32 Å². The van der Waals surface area contributed by atoms with Crippen molar-refractivity contribution in [3.8, 4) is 0 Å². The summed E-state index contributed by atoms with van der Waals surface area (Å²) in [5, 5.41) is 2.86. The van der Waals surface area contributed by atoms with Gasteiger partial charge in [-0.3, -0.25) is 4.99 Å². The summed E-state index contributed by atoms with van der Waals surface area (Å²) in [7, 11) is 0. The van der Waals surface area contributed by atoms with Crippen molar-refractivity contribution in [3.63, 3.8) is 0 Å². The molecular weight excluding hydrogens is 100 g/mol. The number of nitrogens with zero attached hydrogens (tertiary/aromatic N) is 1. The van der Waals surface area contributed by atoms with Gasteiger partial charge in [0.1, 0.15) is 0 Å². The Labute approximate surface area is 50.3 Å². The SMILES string of the molecule is CC=CNC=NCC. The number of hydrogen-bond acceptors (Lipinski definition) is 1. The van der Waals surface area contributed by atoms with Crippen LogP contribution in [0.1, 0.15) is 13.8 Å². The lowest BCUT2D eigenvalue weighted by Gasteiger charge is -1.83. The molecule has 8 heavy (non-hydrogen) atoms. The van der Waals surface area contributed by atoms with Crippen molar-refractivity contribution in [2.24, 2.45) is 4.99 Å². The smallest absolute Gasteiger partial charge is 0.0863 e. The molecule has 0 aromatic rings. The van der Waals surface area contributed by atoms with Crippen molar-refractivity contribution in [3.05, 3.63) is 12.3 Å². The Hall–Kier alpha value is -0.790. The fraction of sp³-hybridized carbons (Fsp3) is 0.500. The molecule has 0 amide bonds. The highest BCUT2D eigenvalue weighted by atomic mass is 14.9. The maximum absolute atomic E-state index is 3.92. The van der Waals surface area contributed by atoms with Crippen molar-refractivity contribution in [1.29, 1.82) is 0 Å². The molecule has 0 atom stereocenters. The van der Waals surface area contributed by atoms with Crippen molar-refractivity contribution < 1.29 is 0 Å². The lowest BCUT2D eigenvalue weighted by atomic mass is 10.7. The Morgan fingerprint density at radius 3 is 2.88 bits per heavy atom. The zero-order chi connectivity index (χ0) is 6.24. The molecule has 2 heteroatoms. The normalized spacial score (nSPS) is 11.2. The van der Waals surface area contributed by atoms with Gasteiger partial charge in [0, 0.05) is 6.54 Å². The molecule has 0 unspecified atom stereocenters. The second-order valence-corrected chi connectivity index (χ2v) is 1.29. The Kier molecular flexibility index (Phi) is 5.60. The molecule has 0 aromatic heterocycles. The predicted octanol–water partition coefficient (Wildman–Crippen LogP) is 1.16. The van der Waals surface area contributed by atoms with Gasteiger partial charge in [0.15, 0.2) is 0 Å². The van der Waals surface area contributed by atoms with Crippen molar-refractivity contribution >= 4 is 6.34 Å². The minimum absolute atomic E-state index is 0.838. The summed E-state index contributed by atoms with van der Waals surface area (Å²) >= 11 is 0. The molecule has 0 heterocycles. The molecule has 0 aliphatic rings. The first-order valence-corrected chi connectivity index (χ1v) is 2.77. The molecule has 0 bridgehead atoms. The Balaban J connectivity index is 3.03. The van der Waals surface area contributed by atoms with Gasteiger partial charge in [-0.25, -0.2) is 0 Å². The molecule has 0 aliphatic heterocycles. The van der Waals surface area contributed by atoms with E-state index in [-0.39, 0.29) is 0 Å². The second-order valence-electron chi connectivity index (χ2n) is 1.29. The molecule has 0 fully saturated rings. The molecule has 0 saturated carbocycles. The van der Waals surface area contributed by atoms with Gasteiger partial charge in [-0.15, -0.1) is 0 Å². The summed E-state index contributed by atoms with van der Waals surface area (Å²) in [6.07, 6.45) is 5.43. The van der Waals surface area contributed by atoms with E-state index in [9.17, 15) is 0 Å². The highest BCUT2D eigenvalue weighted by Crippen LogP contribution is 1.61. The molecular formula is C6H12N2. The number of aliphatic imine (C=N–C) groups is 1. The molecule has 1 N–H and O–H groups in total. The van der Waals surface area contributed by atoms with Gasteiger partial charge in [0.2, 0.25) is 0 Å². The summed E-state index contributed by atoms with van der Waals surface area (Å²) in [6, 6.07) is 0. The zero-order valence-electron chi connectivity index (χ0n) is 5.39. The predicted molar refractivity (Wildman–Crippen MR) is 37.0 cm³/mol. The van der Waals surface area contributed by atoms with Crippen LogP contribution in [0.4, 0.5) is 0 Å². The highest BCUT2D eigenvalue weighted by molar-refractivity contribution is 5.55. The molecule has 0 saturated heterocycles. The topological polar surface area (TPSA) is 24.4 Å². The van der Waals surface area contributed by atoms with E-state index in [1.54, 1.807) is 6.34 Å². The first-order chi connectivity index (χ1) is 3.91. The largest absolute Gasteiger partial charge is 0.353 e. The summed E-state index contributed by atoms with van der Waals surface area (Å²) in [4.78, 5) is 3.92. The maximum atomic E-state index is 3.92. The molecule has 2 nitrogen and oxygen atoms in total. The van der Waals surface area contributed by atoms with E-state index in [0.717, 1.165) is 6.54 Å². The van der Waals surface area contributed by atoms with E-state index >= 15 is 0 Å². The van der Waals surface area contributed by atoms with E-state index < -0.39 is 0 Å². The summed E-state index contributed by atoms with van der Waals surface area (Å²) in [5.74, 6) is 0. The average molecular weight is 112 g/mol. The van der Waals surface area contributed by atoms with E-state index in [1.165, 1.54) is 0 Å². The molecule has 0 radical (unpaired) electrons. The van der Waals surface area contributed by atoms with Gasteiger partial charge >= 0.3 is 0 Å². The standard InChI is InChI=1S/C6H12N2/c1-3-5-8-6-7-4-2/h3,5-6H,4H2,1-2H3,(H,7,8). The first kappa shape index (κ1) is 7.21. The van der Waals surface area contributed by atoms with Crippen LogP contribution in [0.15, 0.2) is 17.3 Å². The van der Waals surface area contributed by atoms with Crippen LogP contribution in [0.25, 0.3) is 0 Å². The summed E-state index contributed by atoms with van der Waals surface area (Å²) in [5.41, 5.74) is 0. The lowest BCUT2D eigenvalue weighted by Crippen LogP contribution is -1.99. The lowest BCUT2D eigenvalue weighted by molar-refractivity contribution is 1.11. The van der Waals surface area contributed by atoms with Crippen LogP contribution >= 0.6 is 0 Å². The second kappa shape index (κ2) is 6.21. The Morgan fingerprint density at radius 2 is 2.38 bits per heavy atom. The third kappa shape index (κ3) is 5.21. The van der Waals surface area contributed by atoms with Gasteiger partial charge in [-0.05, 0) is 20.0 Å². The molecule has 0 spiro atoms. The van der Waals surface area contributed by atoms with Gasteiger partial charge in [0.05, 0.1) is 6.34 Å². The first-order valence-electron chi connectivity index (χ1n) is 2.77. The fourth-order valence-corrected chi connectivity index (χ4v) is 0.283. The highest BCUT2D eigenvalue weighted by Gasteiger charge is 1.61. The summed E-state index contributed by atoms with van der Waals surface area (Å²) in [6.45, 7) is 4.78. The van der Waals surface area contributed by atoms with Gasteiger partial charge in [-0.2, -0.15) is 0 Å². The van der Waals surface area contributed by atoms with Crippen LogP contribution < -0.4 is 5.32 Å². The minimum Gasteiger partial charge on any atom is -0.353 e. The van der Waals surface area contributed by atoms with Crippen LogP contribution in [0, 0.1) is 0 Å². The number of nitrogens with one attached hydrogen (secondary N) is 1. The molecule has 0 aromatic carbocycles. The fourth-order valence-electron chi connectivity index (χ4n) is 0.283. The van der Waals surface area contributed by atoms with E-state index in [2.05, 4.69) is 10.3 Å². The van der Waals surface area contributed by atoms with Crippen LogP contribution in [-0.4, -0.2) is 12.9 Å². The minimum atomic E-state index is 0.838. The molecule has 46 valence electrons. The molecule has 0 aliphatic carbocycles. The van der Waals surface area contributed by atoms with Crippen LogP contribution in [-0.2, 0) is 0 Å². The maximum Gasteiger partial charge on any atom is 0.0863 e.